The van der Waals surface area contributed by atoms with Crippen LogP contribution < -0.4 is 22.3 Å². The van der Waals surface area contributed by atoms with E-state index in [4.69, 9.17) is 5.73 Å². The van der Waals surface area contributed by atoms with Crippen LogP contribution in [0.5, 0.6) is 0 Å². The van der Waals surface area contributed by atoms with Gasteiger partial charge in [-0.1, -0.05) is 0 Å². The lowest BCUT2D eigenvalue weighted by Crippen LogP contribution is -2.46. The van der Waals surface area contributed by atoms with Crippen molar-refractivity contribution in [2.24, 2.45) is 19.8 Å². The molecular weight excluding hydrogens is 246 g/mol. The first-order chi connectivity index (χ1) is 9.06. The smallest absolute Gasteiger partial charge is 0.332 e. The largest absolute Gasteiger partial charge is 0.358 e. The standard InChI is InChI=1S/C12H21N5O2/c1-15-10-9(11(18)16(2)12(15)19)7-17(8-14-10)6-4-3-5-13/h14H,3-8,13H2,1-2H3. The molecule has 1 aromatic heterocycles. The van der Waals surface area contributed by atoms with Gasteiger partial charge >= 0.3 is 5.69 Å². The normalized spacial score (nSPS) is 15.1. The third-order valence-electron chi connectivity index (χ3n) is 3.54. The maximum Gasteiger partial charge on any atom is 0.332 e. The summed E-state index contributed by atoms with van der Waals surface area (Å²) in [4.78, 5) is 26.1. The van der Waals surface area contributed by atoms with E-state index in [1.54, 1.807) is 7.05 Å². The van der Waals surface area contributed by atoms with Crippen LogP contribution in [0.2, 0.25) is 0 Å². The fourth-order valence-electron chi connectivity index (χ4n) is 2.39. The summed E-state index contributed by atoms with van der Waals surface area (Å²) in [6.45, 7) is 2.81. The van der Waals surface area contributed by atoms with E-state index in [2.05, 4.69) is 10.2 Å². The van der Waals surface area contributed by atoms with Crippen LogP contribution in [0.15, 0.2) is 9.59 Å². The Kier molecular flexibility index (Phi) is 4.06. The van der Waals surface area contributed by atoms with Gasteiger partial charge in [-0.15, -0.1) is 0 Å². The summed E-state index contributed by atoms with van der Waals surface area (Å²) in [5.74, 6) is 0.642. The number of nitrogens with zero attached hydrogens (tertiary/aromatic N) is 3. The number of hydrogen-bond acceptors (Lipinski definition) is 5. The zero-order valence-corrected chi connectivity index (χ0v) is 11.5. The topological polar surface area (TPSA) is 85.3 Å². The minimum Gasteiger partial charge on any atom is -0.358 e. The van der Waals surface area contributed by atoms with Crippen LogP contribution in [-0.4, -0.2) is 33.8 Å². The molecule has 0 fully saturated rings. The number of unbranched alkanes of at least 4 members (excludes halogenated alkanes) is 1. The Bertz CT molecular complexity index is 575. The molecule has 0 atom stereocenters. The summed E-state index contributed by atoms with van der Waals surface area (Å²) in [6, 6.07) is 0. The van der Waals surface area contributed by atoms with Gasteiger partial charge < -0.3 is 11.1 Å². The van der Waals surface area contributed by atoms with E-state index in [0.717, 1.165) is 24.0 Å². The van der Waals surface area contributed by atoms with E-state index < -0.39 is 0 Å². The zero-order chi connectivity index (χ0) is 14.0. The number of nitrogens with two attached hydrogens (primary N) is 1. The number of hydrogen-bond donors (Lipinski definition) is 2. The van der Waals surface area contributed by atoms with Crippen LogP contribution in [0.1, 0.15) is 18.4 Å². The average Bonchev–Trinajstić information content (AvgIpc) is 2.43. The van der Waals surface area contributed by atoms with Gasteiger partial charge in [0.05, 0.1) is 12.2 Å². The van der Waals surface area contributed by atoms with E-state index in [0.29, 0.717) is 31.1 Å². The van der Waals surface area contributed by atoms with Crippen LogP contribution in [0.25, 0.3) is 0 Å². The van der Waals surface area contributed by atoms with Crippen molar-refractivity contribution in [1.82, 2.24) is 14.0 Å². The molecule has 1 aromatic rings. The van der Waals surface area contributed by atoms with E-state index in [1.807, 2.05) is 0 Å². The molecule has 0 aliphatic carbocycles. The molecule has 1 aliphatic heterocycles. The fraction of sp³-hybridized carbons (Fsp3) is 0.667. The first-order valence-electron chi connectivity index (χ1n) is 6.51. The van der Waals surface area contributed by atoms with Crippen LogP contribution >= 0.6 is 0 Å². The van der Waals surface area contributed by atoms with Crippen molar-refractivity contribution in [1.29, 1.82) is 0 Å². The summed E-state index contributed by atoms with van der Waals surface area (Å²) >= 11 is 0. The second-order valence-corrected chi connectivity index (χ2v) is 4.92. The molecule has 7 nitrogen and oxygen atoms in total. The lowest BCUT2D eigenvalue weighted by Gasteiger charge is -2.30. The monoisotopic (exact) mass is 267 g/mol. The van der Waals surface area contributed by atoms with Crippen LogP contribution in [0.3, 0.4) is 0 Å². The summed E-state index contributed by atoms with van der Waals surface area (Å²) < 4.78 is 2.65. The highest BCUT2D eigenvalue weighted by atomic mass is 16.2. The number of anilines is 1. The van der Waals surface area contributed by atoms with Crippen molar-refractivity contribution >= 4 is 5.82 Å². The minimum absolute atomic E-state index is 0.214. The highest BCUT2D eigenvalue weighted by Gasteiger charge is 2.22. The first kappa shape index (κ1) is 13.8. The van der Waals surface area contributed by atoms with Gasteiger partial charge in [-0.3, -0.25) is 18.8 Å². The summed E-state index contributed by atoms with van der Waals surface area (Å²) in [5.41, 5.74) is 5.62. The summed E-state index contributed by atoms with van der Waals surface area (Å²) in [6.07, 6.45) is 1.99. The van der Waals surface area contributed by atoms with Crippen LogP contribution in [-0.2, 0) is 20.6 Å². The molecule has 0 saturated heterocycles. The van der Waals surface area contributed by atoms with Crippen LogP contribution in [0.4, 0.5) is 5.82 Å². The van der Waals surface area contributed by atoms with E-state index in [-0.39, 0.29) is 11.2 Å². The second kappa shape index (κ2) is 5.58. The van der Waals surface area contributed by atoms with Crippen molar-refractivity contribution in [2.75, 3.05) is 25.1 Å². The third kappa shape index (κ3) is 2.57. The van der Waals surface area contributed by atoms with Gasteiger partial charge in [-0.2, -0.15) is 0 Å². The maximum absolute atomic E-state index is 12.1. The Morgan fingerprint density at radius 3 is 2.63 bits per heavy atom. The van der Waals surface area contributed by atoms with E-state index in [9.17, 15) is 9.59 Å². The maximum atomic E-state index is 12.1. The number of rotatable bonds is 4. The van der Waals surface area contributed by atoms with Crippen molar-refractivity contribution in [3.8, 4) is 0 Å². The van der Waals surface area contributed by atoms with Gasteiger partial charge in [0, 0.05) is 27.2 Å². The summed E-state index contributed by atoms with van der Waals surface area (Å²) in [5, 5.41) is 3.16. The molecule has 0 saturated carbocycles. The van der Waals surface area contributed by atoms with Gasteiger partial charge in [0.25, 0.3) is 5.56 Å². The highest BCUT2D eigenvalue weighted by molar-refractivity contribution is 5.45. The quantitative estimate of drug-likeness (QED) is 0.684. The van der Waals surface area contributed by atoms with Crippen molar-refractivity contribution in [3.05, 3.63) is 26.4 Å². The molecule has 2 heterocycles. The van der Waals surface area contributed by atoms with Crippen molar-refractivity contribution in [2.45, 2.75) is 19.4 Å². The fourth-order valence-corrected chi connectivity index (χ4v) is 2.39. The molecule has 0 amide bonds. The Labute approximate surface area is 111 Å². The van der Waals surface area contributed by atoms with Crippen molar-refractivity contribution in [3.63, 3.8) is 0 Å². The van der Waals surface area contributed by atoms with Crippen LogP contribution in [0, 0.1) is 0 Å². The highest BCUT2D eigenvalue weighted by Crippen LogP contribution is 2.16. The number of nitrogens with one attached hydrogen (secondary N) is 1. The molecule has 7 heteroatoms. The first-order valence-corrected chi connectivity index (χ1v) is 6.51. The van der Waals surface area contributed by atoms with E-state index >= 15 is 0 Å². The van der Waals surface area contributed by atoms with Gasteiger partial charge in [0.15, 0.2) is 0 Å². The van der Waals surface area contributed by atoms with E-state index in [1.165, 1.54) is 11.6 Å². The Morgan fingerprint density at radius 2 is 1.95 bits per heavy atom. The van der Waals surface area contributed by atoms with Gasteiger partial charge in [-0.25, -0.2) is 4.79 Å². The third-order valence-corrected chi connectivity index (χ3v) is 3.54. The predicted molar refractivity (Wildman–Crippen MR) is 74.1 cm³/mol. The average molecular weight is 267 g/mol. The van der Waals surface area contributed by atoms with Gasteiger partial charge in [-0.05, 0) is 19.4 Å². The Hall–Kier alpha value is -1.60. The lowest BCUT2D eigenvalue weighted by atomic mass is 10.2. The molecule has 106 valence electrons. The Balaban J connectivity index is 2.26. The molecule has 3 N–H and O–H groups in total. The number of fused-ring (bicyclic) bond motifs is 1. The van der Waals surface area contributed by atoms with Crippen molar-refractivity contribution < 1.29 is 0 Å². The second-order valence-electron chi connectivity index (χ2n) is 4.92. The molecule has 0 aromatic carbocycles. The summed E-state index contributed by atoms with van der Waals surface area (Å²) in [7, 11) is 3.19. The molecule has 0 spiro atoms. The molecule has 0 radical (unpaired) electrons. The Morgan fingerprint density at radius 1 is 1.21 bits per heavy atom. The molecule has 1 aliphatic rings. The molecule has 2 rings (SSSR count). The zero-order valence-electron chi connectivity index (χ0n) is 11.5. The lowest BCUT2D eigenvalue weighted by molar-refractivity contribution is 0.265. The predicted octanol–water partition coefficient (Wildman–Crippen LogP) is -0.992. The molecular formula is C12H21N5O2. The number of aromatic nitrogens is 2. The van der Waals surface area contributed by atoms with Gasteiger partial charge in [0.1, 0.15) is 5.82 Å². The minimum atomic E-state index is -0.298. The molecule has 19 heavy (non-hydrogen) atoms. The molecule has 0 unspecified atom stereocenters. The molecule has 0 bridgehead atoms. The SMILES string of the molecule is Cn1c2c(c(=O)n(C)c1=O)CN(CCCCN)CN2. The van der Waals surface area contributed by atoms with Gasteiger partial charge in [0.2, 0.25) is 0 Å².